The summed E-state index contributed by atoms with van der Waals surface area (Å²) in [5.41, 5.74) is 1.33. The number of hydrogen-bond acceptors (Lipinski definition) is 2. The Morgan fingerprint density at radius 3 is 3.00 bits per heavy atom. The fraction of sp³-hybridized carbons (Fsp3) is 0. The highest BCUT2D eigenvalue weighted by Crippen LogP contribution is 2.19. The molecule has 0 aliphatic heterocycles. The Kier molecular flexibility index (Phi) is 2.25. The van der Waals surface area contributed by atoms with Crippen LogP contribution in [0.25, 0.3) is 5.52 Å². The van der Waals surface area contributed by atoms with E-state index in [0.29, 0.717) is 14.4 Å². The topological polar surface area (TPSA) is 34.4 Å². The summed E-state index contributed by atoms with van der Waals surface area (Å²) in [6, 6.07) is 5.33. The van der Waals surface area contributed by atoms with Crippen LogP contribution in [-0.2, 0) is 0 Å². The molecule has 0 aliphatic rings. The van der Waals surface area contributed by atoms with Crippen LogP contribution >= 0.6 is 34.2 Å². The molecule has 2 rings (SSSR count). The van der Waals surface area contributed by atoms with E-state index in [9.17, 15) is 4.79 Å². The standard InChI is InChI=1S/C8H4ClIN2O/c9-7-3-1-2-6-5(4-13)8(10)11-12(6)7/h1-4H. The molecule has 0 aliphatic carbocycles. The SMILES string of the molecule is O=Cc1c(I)nn2c(Cl)cccc12. The third-order valence-electron chi connectivity index (χ3n) is 1.72. The van der Waals surface area contributed by atoms with Gasteiger partial charge in [0.25, 0.3) is 0 Å². The van der Waals surface area contributed by atoms with Crippen molar-refractivity contribution in [2.45, 2.75) is 0 Å². The third-order valence-corrected chi connectivity index (χ3v) is 2.81. The highest BCUT2D eigenvalue weighted by atomic mass is 127. The molecular formula is C8H4ClIN2O. The van der Waals surface area contributed by atoms with Gasteiger partial charge in [0.2, 0.25) is 0 Å². The number of hydrogen-bond donors (Lipinski definition) is 0. The number of pyridine rings is 1. The predicted molar refractivity (Wildman–Crippen MR) is 58.3 cm³/mol. The van der Waals surface area contributed by atoms with E-state index >= 15 is 0 Å². The molecule has 3 nitrogen and oxygen atoms in total. The second-order valence-corrected chi connectivity index (χ2v) is 3.88. The van der Waals surface area contributed by atoms with Gasteiger partial charge < -0.3 is 0 Å². The highest BCUT2D eigenvalue weighted by Gasteiger charge is 2.10. The molecule has 66 valence electrons. The summed E-state index contributed by atoms with van der Waals surface area (Å²) in [4.78, 5) is 10.7. The first-order valence-electron chi connectivity index (χ1n) is 3.52. The zero-order chi connectivity index (χ0) is 9.42. The van der Waals surface area contributed by atoms with Crippen molar-refractivity contribution in [3.63, 3.8) is 0 Å². The van der Waals surface area contributed by atoms with E-state index in [2.05, 4.69) is 5.10 Å². The molecule has 0 unspecified atom stereocenters. The minimum Gasteiger partial charge on any atom is -0.298 e. The second-order valence-electron chi connectivity index (χ2n) is 2.47. The van der Waals surface area contributed by atoms with Gasteiger partial charge in [-0.15, -0.1) is 0 Å². The first-order valence-corrected chi connectivity index (χ1v) is 4.97. The first-order chi connectivity index (χ1) is 6.24. The normalized spacial score (nSPS) is 10.6. The number of nitrogens with zero attached hydrogens (tertiary/aromatic N) is 2. The van der Waals surface area contributed by atoms with Crippen molar-refractivity contribution in [2.75, 3.05) is 0 Å². The van der Waals surface area contributed by atoms with Crippen LogP contribution in [0, 0.1) is 3.70 Å². The molecule has 13 heavy (non-hydrogen) atoms. The molecule has 5 heteroatoms. The monoisotopic (exact) mass is 306 g/mol. The number of aldehydes is 1. The molecule has 0 aromatic carbocycles. The first kappa shape index (κ1) is 8.96. The van der Waals surface area contributed by atoms with Gasteiger partial charge in [-0.3, -0.25) is 4.79 Å². The second kappa shape index (κ2) is 3.26. The van der Waals surface area contributed by atoms with Gasteiger partial charge in [-0.2, -0.15) is 5.10 Å². The summed E-state index contributed by atoms with van der Waals surface area (Å²) in [5.74, 6) is 0. The smallest absolute Gasteiger partial charge is 0.154 e. The van der Waals surface area contributed by atoms with Crippen LogP contribution in [0.2, 0.25) is 5.15 Å². The Hall–Kier alpha value is -0.620. The van der Waals surface area contributed by atoms with Crippen LogP contribution in [-0.4, -0.2) is 15.9 Å². The molecule has 0 radical (unpaired) electrons. The number of halogens is 2. The van der Waals surface area contributed by atoms with Crippen LogP contribution in [0.4, 0.5) is 0 Å². The predicted octanol–water partition coefficient (Wildman–Crippen LogP) is 2.40. The van der Waals surface area contributed by atoms with Crippen molar-refractivity contribution < 1.29 is 4.79 Å². The number of rotatable bonds is 1. The third kappa shape index (κ3) is 1.34. The van der Waals surface area contributed by atoms with Crippen LogP contribution in [0.5, 0.6) is 0 Å². The zero-order valence-corrected chi connectivity index (χ0v) is 9.28. The number of carbonyl (C=O) groups is 1. The van der Waals surface area contributed by atoms with Gasteiger partial charge in [0, 0.05) is 0 Å². The van der Waals surface area contributed by atoms with Gasteiger partial charge in [0.05, 0.1) is 11.1 Å². The molecule has 0 atom stereocenters. The van der Waals surface area contributed by atoms with Crippen molar-refractivity contribution in [1.29, 1.82) is 0 Å². The maximum atomic E-state index is 10.7. The molecular weight excluding hydrogens is 302 g/mol. The summed E-state index contributed by atoms with van der Waals surface area (Å²) in [5, 5.41) is 4.63. The molecule has 2 heterocycles. The van der Waals surface area contributed by atoms with Crippen molar-refractivity contribution in [1.82, 2.24) is 9.61 Å². The minimum atomic E-state index is 0.503. The number of aromatic nitrogens is 2. The zero-order valence-electron chi connectivity index (χ0n) is 6.37. The van der Waals surface area contributed by atoms with Crippen molar-refractivity contribution in [3.8, 4) is 0 Å². The fourth-order valence-electron chi connectivity index (χ4n) is 1.14. The van der Waals surface area contributed by atoms with Gasteiger partial charge in [0.15, 0.2) is 6.29 Å². The summed E-state index contributed by atoms with van der Waals surface area (Å²) in [7, 11) is 0. The Balaban J connectivity index is 2.93. The Labute approximate surface area is 92.8 Å². The van der Waals surface area contributed by atoms with E-state index in [4.69, 9.17) is 11.6 Å². The summed E-state index contributed by atoms with van der Waals surface area (Å²) >= 11 is 7.89. The molecule has 0 saturated carbocycles. The quantitative estimate of drug-likeness (QED) is 0.461. The lowest BCUT2D eigenvalue weighted by molar-refractivity contribution is 0.112. The van der Waals surface area contributed by atoms with Gasteiger partial charge >= 0.3 is 0 Å². The molecule has 2 aromatic rings. The average molecular weight is 306 g/mol. The van der Waals surface area contributed by atoms with Crippen molar-refractivity contribution >= 4 is 46.0 Å². The molecule has 0 amide bonds. The molecule has 0 N–H and O–H groups in total. The van der Waals surface area contributed by atoms with Crippen LogP contribution in [0.3, 0.4) is 0 Å². The molecule has 0 fully saturated rings. The number of carbonyl (C=O) groups excluding carboxylic acids is 1. The van der Waals surface area contributed by atoms with Gasteiger partial charge in [-0.25, -0.2) is 4.52 Å². The van der Waals surface area contributed by atoms with Crippen molar-refractivity contribution in [2.24, 2.45) is 0 Å². The average Bonchev–Trinajstić information content (AvgIpc) is 2.43. The highest BCUT2D eigenvalue weighted by molar-refractivity contribution is 14.1. The molecule has 0 bridgehead atoms. The van der Waals surface area contributed by atoms with E-state index in [0.717, 1.165) is 11.8 Å². The van der Waals surface area contributed by atoms with Crippen LogP contribution in [0.15, 0.2) is 18.2 Å². The van der Waals surface area contributed by atoms with E-state index in [-0.39, 0.29) is 0 Å². The maximum absolute atomic E-state index is 10.7. The summed E-state index contributed by atoms with van der Waals surface area (Å²) < 4.78 is 2.22. The summed E-state index contributed by atoms with van der Waals surface area (Å²) in [6.45, 7) is 0. The lowest BCUT2D eigenvalue weighted by atomic mass is 10.3. The van der Waals surface area contributed by atoms with Gasteiger partial charge in [-0.05, 0) is 34.7 Å². The lowest BCUT2D eigenvalue weighted by Gasteiger charge is -1.94. The maximum Gasteiger partial charge on any atom is 0.154 e. The molecule has 0 spiro atoms. The Bertz CT molecular complexity index is 480. The van der Waals surface area contributed by atoms with Gasteiger partial charge in [0.1, 0.15) is 8.85 Å². The summed E-state index contributed by atoms with van der Waals surface area (Å²) in [6.07, 6.45) is 0.792. The Morgan fingerprint density at radius 2 is 2.31 bits per heavy atom. The van der Waals surface area contributed by atoms with Gasteiger partial charge in [-0.1, -0.05) is 17.7 Å². The molecule has 0 saturated heterocycles. The number of fused-ring (bicyclic) bond motifs is 1. The lowest BCUT2D eigenvalue weighted by Crippen LogP contribution is -1.87. The van der Waals surface area contributed by atoms with E-state index in [1.807, 2.05) is 28.7 Å². The van der Waals surface area contributed by atoms with E-state index in [1.165, 1.54) is 0 Å². The molecule has 2 aromatic heterocycles. The van der Waals surface area contributed by atoms with Crippen LogP contribution in [0.1, 0.15) is 10.4 Å². The largest absolute Gasteiger partial charge is 0.298 e. The van der Waals surface area contributed by atoms with Crippen molar-refractivity contribution in [3.05, 3.63) is 32.6 Å². The van der Waals surface area contributed by atoms with Crippen LogP contribution < -0.4 is 0 Å². The van der Waals surface area contributed by atoms with E-state index in [1.54, 1.807) is 16.6 Å². The van der Waals surface area contributed by atoms with E-state index < -0.39 is 0 Å². The fourth-order valence-corrected chi connectivity index (χ4v) is 1.96. The minimum absolute atomic E-state index is 0.503. The Morgan fingerprint density at radius 1 is 1.54 bits per heavy atom.